The van der Waals surface area contributed by atoms with Crippen LogP contribution in [0.1, 0.15) is 17.3 Å². The van der Waals surface area contributed by atoms with Crippen LogP contribution < -0.4 is 10.6 Å². The van der Waals surface area contributed by atoms with Gasteiger partial charge in [-0.1, -0.05) is 30.3 Å². The number of thiazole rings is 1. The molecule has 130 valence electrons. The molecule has 1 amide bonds. The molecule has 0 aliphatic rings. The maximum Gasteiger partial charge on any atom is 0.241 e. The second-order valence-electron chi connectivity index (χ2n) is 5.72. The summed E-state index contributed by atoms with van der Waals surface area (Å²) in [6.45, 7) is 0.551. The normalized spacial score (nSPS) is 12.1. The van der Waals surface area contributed by atoms with Gasteiger partial charge >= 0.3 is 0 Å². The standard InChI is InChI=1S/C18H21N5OS/c1-19-16(14-10-21-23(2)11-14)17(24)20-9-8-15-12-25-18(22-15)13-6-4-3-5-7-13/h3-7,10-12,16,19H,8-9H2,1-2H3,(H,20,24). The van der Waals surface area contributed by atoms with E-state index in [0.717, 1.165) is 21.8 Å². The van der Waals surface area contributed by atoms with Crippen molar-refractivity contribution in [3.63, 3.8) is 0 Å². The smallest absolute Gasteiger partial charge is 0.241 e. The van der Waals surface area contributed by atoms with Crippen LogP contribution in [0.3, 0.4) is 0 Å². The van der Waals surface area contributed by atoms with E-state index in [1.165, 1.54) is 0 Å². The Kier molecular flexibility index (Phi) is 5.57. The second-order valence-corrected chi connectivity index (χ2v) is 6.58. The van der Waals surface area contributed by atoms with Crippen molar-refractivity contribution in [2.45, 2.75) is 12.5 Å². The summed E-state index contributed by atoms with van der Waals surface area (Å²) in [5.41, 5.74) is 2.96. The van der Waals surface area contributed by atoms with Crippen LogP contribution in [0.25, 0.3) is 10.6 Å². The number of aryl methyl sites for hydroxylation is 1. The second kappa shape index (κ2) is 8.04. The van der Waals surface area contributed by atoms with Crippen molar-refractivity contribution >= 4 is 17.2 Å². The number of nitrogens with zero attached hydrogens (tertiary/aromatic N) is 3. The summed E-state index contributed by atoms with van der Waals surface area (Å²) in [4.78, 5) is 17.0. The molecule has 1 aromatic carbocycles. The zero-order valence-corrected chi connectivity index (χ0v) is 15.1. The van der Waals surface area contributed by atoms with E-state index in [0.29, 0.717) is 13.0 Å². The van der Waals surface area contributed by atoms with Crippen LogP contribution >= 0.6 is 11.3 Å². The van der Waals surface area contributed by atoms with E-state index in [4.69, 9.17) is 0 Å². The number of amides is 1. The van der Waals surface area contributed by atoms with E-state index in [1.54, 1.807) is 29.3 Å². The molecule has 0 radical (unpaired) electrons. The highest BCUT2D eigenvalue weighted by Gasteiger charge is 2.19. The van der Waals surface area contributed by atoms with E-state index in [1.807, 2.05) is 36.8 Å². The molecule has 0 bridgehead atoms. The van der Waals surface area contributed by atoms with Crippen LogP contribution in [0.15, 0.2) is 48.1 Å². The largest absolute Gasteiger partial charge is 0.354 e. The van der Waals surface area contributed by atoms with Crippen molar-refractivity contribution in [2.24, 2.45) is 7.05 Å². The quantitative estimate of drug-likeness (QED) is 0.681. The summed E-state index contributed by atoms with van der Waals surface area (Å²) in [6, 6.07) is 9.71. The number of carbonyl (C=O) groups excluding carboxylic acids is 1. The fourth-order valence-electron chi connectivity index (χ4n) is 2.59. The number of hydrogen-bond acceptors (Lipinski definition) is 5. The number of carbonyl (C=O) groups is 1. The molecule has 6 nitrogen and oxygen atoms in total. The SMILES string of the molecule is CNC(C(=O)NCCc1csc(-c2ccccc2)n1)c1cnn(C)c1. The zero-order chi connectivity index (χ0) is 17.6. The Bertz CT molecular complexity index is 827. The molecule has 0 aliphatic carbocycles. The molecule has 0 saturated heterocycles. The van der Waals surface area contributed by atoms with Gasteiger partial charge in [0.05, 0.1) is 11.9 Å². The first kappa shape index (κ1) is 17.3. The molecule has 0 aliphatic heterocycles. The molecule has 1 unspecified atom stereocenters. The van der Waals surface area contributed by atoms with Crippen LogP contribution in [0, 0.1) is 0 Å². The van der Waals surface area contributed by atoms with E-state index in [-0.39, 0.29) is 5.91 Å². The summed E-state index contributed by atoms with van der Waals surface area (Å²) < 4.78 is 1.69. The summed E-state index contributed by atoms with van der Waals surface area (Å²) in [7, 11) is 3.60. The highest BCUT2D eigenvalue weighted by Crippen LogP contribution is 2.23. The minimum absolute atomic E-state index is 0.0611. The van der Waals surface area contributed by atoms with Gasteiger partial charge < -0.3 is 10.6 Å². The van der Waals surface area contributed by atoms with Crippen LogP contribution in [0.2, 0.25) is 0 Å². The van der Waals surface area contributed by atoms with Crippen LogP contribution in [-0.2, 0) is 18.3 Å². The van der Waals surface area contributed by atoms with Gasteiger partial charge in [0, 0.05) is 42.7 Å². The highest BCUT2D eigenvalue weighted by molar-refractivity contribution is 7.13. The monoisotopic (exact) mass is 355 g/mol. The maximum absolute atomic E-state index is 12.4. The Hall–Kier alpha value is -2.51. The lowest BCUT2D eigenvalue weighted by Crippen LogP contribution is -2.36. The predicted octanol–water partition coefficient (Wildman–Crippen LogP) is 2.16. The highest BCUT2D eigenvalue weighted by atomic mass is 32.1. The summed E-state index contributed by atoms with van der Waals surface area (Å²) >= 11 is 1.62. The van der Waals surface area contributed by atoms with Gasteiger partial charge in [0.15, 0.2) is 0 Å². The summed E-state index contributed by atoms with van der Waals surface area (Å²) in [6.07, 6.45) is 4.25. The van der Waals surface area contributed by atoms with Crippen molar-refractivity contribution in [3.8, 4) is 10.6 Å². The molecular formula is C18H21N5OS. The molecular weight excluding hydrogens is 334 g/mol. The molecule has 3 rings (SSSR count). The van der Waals surface area contributed by atoms with E-state index in [9.17, 15) is 4.79 Å². The summed E-state index contributed by atoms with van der Waals surface area (Å²) in [5.74, 6) is -0.0611. The van der Waals surface area contributed by atoms with Gasteiger partial charge in [-0.25, -0.2) is 4.98 Å². The predicted molar refractivity (Wildman–Crippen MR) is 99.3 cm³/mol. The van der Waals surface area contributed by atoms with Crippen molar-refractivity contribution in [2.75, 3.05) is 13.6 Å². The van der Waals surface area contributed by atoms with Gasteiger partial charge in [-0.3, -0.25) is 9.48 Å². The Morgan fingerprint density at radius 1 is 1.32 bits per heavy atom. The Morgan fingerprint density at radius 2 is 2.12 bits per heavy atom. The zero-order valence-electron chi connectivity index (χ0n) is 14.3. The fourth-order valence-corrected chi connectivity index (χ4v) is 3.45. The molecule has 1 atom stereocenters. The van der Waals surface area contributed by atoms with Gasteiger partial charge in [-0.05, 0) is 7.05 Å². The van der Waals surface area contributed by atoms with Crippen LogP contribution in [0.4, 0.5) is 0 Å². The van der Waals surface area contributed by atoms with Crippen LogP contribution in [0.5, 0.6) is 0 Å². The topological polar surface area (TPSA) is 71.8 Å². The lowest BCUT2D eigenvalue weighted by atomic mass is 10.1. The van der Waals surface area contributed by atoms with Gasteiger partial charge in [0.25, 0.3) is 0 Å². The van der Waals surface area contributed by atoms with Gasteiger partial charge in [0.2, 0.25) is 5.91 Å². The minimum atomic E-state index is -0.399. The first-order valence-corrected chi connectivity index (χ1v) is 8.98. The molecule has 0 spiro atoms. The molecule has 7 heteroatoms. The third-order valence-corrected chi connectivity index (χ3v) is 4.80. The van der Waals surface area contributed by atoms with Gasteiger partial charge in [-0.2, -0.15) is 5.10 Å². The molecule has 25 heavy (non-hydrogen) atoms. The number of nitrogens with one attached hydrogen (secondary N) is 2. The Balaban J connectivity index is 1.54. The summed E-state index contributed by atoms with van der Waals surface area (Å²) in [5, 5.41) is 13.2. The lowest BCUT2D eigenvalue weighted by Gasteiger charge is -2.14. The molecule has 2 heterocycles. The van der Waals surface area contributed by atoms with Crippen molar-refractivity contribution < 1.29 is 4.79 Å². The lowest BCUT2D eigenvalue weighted by molar-refractivity contribution is -0.123. The molecule has 3 aromatic rings. The van der Waals surface area contributed by atoms with Gasteiger partial charge in [-0.15, -0.1) is 11.3 Å². The molecule has 0 fully saturated rings. The Morgan fingerprint density at radius 3 is 2.80 bits per heavy atom. The average Bonchev–Trinajstić information content (AvgIpc) is 3.26. The number of likely N-dealkylation sites (N-methyl/N-ethyl adjacent to an activating group) is 1. The molecule has 2 aromatic heterocycles. The van der Waals surface area contributed by atoms with Gasteiger partial charge in [0.1, 0.15) is 11.0 Å². The average molecular weight is 355 g/mol. The minimum Gasteiger partial charge on any atom is -0.354 e. The third kappa shape index (κ3) is 4.32. The van der Waals surface area contributed by atoms with E-state index < -0.39 is 6.04 Å². The first-order chi connectivity index (χ1) is 12.2. The number of rotatable bonds is 7. The van der Waals surface area contributed by atoms with Crippen LogP contribution in [-0.4, -0.2) is 34.3 Å². The van der Waals surface area contributed by atoms with Crippen molar-refractivity contribution in [1.82, 2.24) is 25.4 Å². The van der Waals surface area contributed by atoms with E-state index in [2.05, 4.69) is 32.8 Å². The number of hydrogen-bond donors (Lipinski definition) is 2. The maximum atomic E-state index is 12.4. The number of aromatic nitrogens is 3. The third-order valence-electron chi connectivity index (χ3n) is 3.86. The van der Waals surface area contributed by atoms with Crippen molar-refractivity contribution in [1.29, 1.82) is 0 Å². The fraction of sp³-hybridized carbons (Fsp3) is 0.278. The van der Waals surface area contributed by atoms with Crippen molar-refractivity contribution in [3.05, 3.63) is 59.4 Å². The molecule has 0 saturated carbocycles. The Labute approximate surface area is 150 Å². The van der Waals surface area contributed by atoms with E-state index >= 15 is 0 Å². The molecule has 2 N–H and O–H groups in total. The first-order valence-electron chi connectivity index (χ1n) is 8.10. The number of benzene rings is 1.